The number of hydrogen-bond acceptors (Lipinski definition) is 15. The van der Waals surface area contributed by atoms with Gasteiger partial charge in [-0.1, -0.05) is 191 Å². The zero-order chi connectivity index (χ0) is 89.2. The molecule has 10 heterocycles. The maximum Gasteiger partial charge on any atom is 0.294 e. The van der Waals surface area contributed by atoms with Gasteiger partial charge in [0.25, 0.3) is 5.82 Å². The molecular formula is C109H125N16O+. The van der Waals surface area contributed by atoms with Crippen LogP contribution in [0.15, 0.2) is 290 Å². The van der Waals surface area contributed by atoms with Gasteiger partial charge in [-0.3, -0.25) is 0 Å². The Morgan fingerprint density at radius 1 is 0.310 bits per heavy atom. The Morgan fingerprint density at radius 2 is 0.706 bits per heavy atom. The van der Waals surface area contributed by atoms with Crippen molar-refractivity contribution in [3.8, 4) is 17.1 Å². The first kappa shape index (κ1) is 87.5. The highest BCUT2D eigenvalue weighted by Crippen LogP contribution is 2.52. The molecule has 17 nitrogen and oxygen atoms in total. The van der Waals surface area contributed by atoms with Crippen LogP contribution in [0.4, 0.5) is 85.8 Å². The standard InChI is InChI=1S/C24H24N2O.C23H29N2.C18H22N2.2C15H17N3.C14H16N4/c1-15(2)25-17(4)26(21-11-7-6-10-20(21)25)23-16(3)13-14-19-18-9-5-8-12-22(18)27-24(19)23;1-16(2)19-12-9-13-20(17(3)4)22(19)25-15-14-24(6)23(25)21-11-8-7-10-18(21)5;1-13(2)19-15(4)20(16-10-6-5-9-14(16)3)18-12-8-7-11-17(18)19;1-11-7-4-5-8-13(11)18-12(2)17(3)15-14(18)9-6-10-16-15;1-11-7-4-5-8-13(11)18-12(2)17(3)14-9-6-10-16-15(14)18;1-10-6-4-5-7-12(10)18-11(2)17(3)13-14(18)16-9-8-15-13/h5-15,17H,1-4H3;7-17H,1-6H3;5-13,15H,1-4H3;2*4-10,12H,1-3H3;4-9,11H,1-3H3/q;+1;;;;/t17-;;15-;2*12-;11-/m1.1111/s1. The van der Waals surface area contributed by atoms with Gasteiger partial charge in [-0.2, -0.15) is 4.57 Å². The Hall–Kier alpha value is -13.4. The number of pyridine rings is 2. The molecule has 10 aromatic carbocycles. The lowest BCUT2D eigenvalue weighted by Gasteiger charge is -2.33. The molecule has 20 rings (SSSR count). The predicted molar refractivity (Wildman–Crippen MR) is 530 cm³/mol. The van der Waals surface area contributed by atoms with Crippen molar-refractivity contribution in [2.24, 2.45) is 7.05 Å². The molecule has 0 fully saturated rings. The Labute approximate surface area is 747 Å². The van der Waals surface area contributed by atoms with Gasteiger partial charge in [-0.15, -0.1) is 0 Å². The molecule has 0 N–H and O–H groups in total. The number of rotatable bonds is 11. The van der Waals surface area contributed by atoms with E-state index in [-0.39, 0.29) is 24.7 Å². The second-order valence-electron chi connectivity index (χ2n) is 35.1. The van der Waals surface area contributed by atoms with Crippen molar-refractivity contribution in [3.05, 3.63) is 330 Å². The third kappa shape index (κ3) is 16.5. The lowest BCUT2D eigenvalue weighted by Crippen LogP contribution is -2.42. The molecule has 0 saturated heterocycles. The molecule has 0 spiro atoms. The number of furan rings is 1. The summed E-state index contributed by atoms with van der Waals surface area (Å²) >= 11 is 0. The highest BCUT2D eigenvalue weighted by atomic mass is 16.3. The topological polar surface area (TPSA) is 106 Å². The summed E-state index contributed by atoms with van der Waals surface area (Å²) in [6, 6.07) is 88.5. The van der Waals surface area contributed by atoms with Crippen LogP contribution in [-0.4, -0.2) is 88.6 Å². The van der Waals surface area contributed by atoms with Gasteiger partial charge in [-0.05, 0) is 234 Å². The quantitative estimate of drug-likeness (QED) is 0.115. The minimum Gasteiger partial charge on any atom is -0.454 e. The van der Waals surface area contributed by atoms with E-state index in [4.69, 9.17) is 4.42 Å². The summed E-state index contributed by atoms with van der Waals surface area (Å²) in [6.45, 7) is 42.2. The molecule has 0 bridgehead atoms. The molecule has 0 amide bonds. The van der Waals surface area contributed by atoms with E-state index in [9.17, 15) is 0 Å². The van der Waals surface area contributed by atoms with Crippen molar-refractivity contribution < 1.29 is 8.98 Å². The molecule has 0 saturated carbocycles. The fourth-order valence-corrected chi connectivity index (χ4v) is 19.0. The summed E-state index contributed by atoms with van der Waals surface area (Å²) < 4.78 is 11.0. The van der Waals surface area contributed by atoms with E-state index in [0.717, 1.165) is 34.4 Å². The van der Waals surface area contributed by atoms with Crippen LogP contribution < -0.4 is 53.6 Å². The van der Waals surface area contributed by atoms with Crippen molar-refractivity contribution in [2.75, 3.05) is 70.1 Å². The Morgan fingerprint density at radius 3 is 1.23 bits per heavy atom. The Bertz CT molecular complexity index is 6070. The van der Waals surface area contributed by atoms with Crippen LogP contribution in [0.3, 0.4) is 0 Å². The number of aromatic nitrogens is 6. The van der Waals surface area contributed by atoms with Crippen molar-refractivity contribution in [1.82, 2.24) is 24.5 Å². The summed E-state index contributed by atoms with van der Waals surface area (Å²) in [4.78, 5) is 41.3. The monoisotopic (exact) mass is 1670 g/mol. The zero-order valence-corrected chi connectivity index (χ0v) is 77.9. The van der Waals surface area contributed by atoms with Crippen LogP contribution >= 0.6 is 0 Å². The predicted octanol–water partition coefficient (Wildman–Crippen LogP) is 26.2. The molecular weight excluding hydrogens is 1550 g/mol. The van der Waals surface area contributed by atoms with Gasteiger partial charge in [0.05, 0.1) is 52.4 Å². The minimum absolute atomic E-state index is 0.222. The molecule has 5 aliphatic rings. The van der Waals surface area contributed by atoms with Crippen LogP contribution in [-0.2, 0) is 7.05 Å². The van der Waals surface area contributed by atoms with E-state index >= 15 is 0 Å². The molecule has 5 aliphatic heterocycles. The first-order valence-electron chi connectivity index (χ1n) is 44.7. The first-order valence-corrected chi connectivity index (χ1v) is 44.7. The summed E-state index contributed by atoms with van der Waals surface area (Å²) in [5.74, 6) is 6.15. The molecule has 0 unspecified atom stereocenters. The number of hydrogen-bond donors (Lipinski definition) is 0. The molecule has 646 valence electrons. The number of para-hydroxylation sites is 10. The van der Waals surface area contributed by atoms with Gasteiger partial charge >= 0.3 is 0 Å². The minimum atomic E-state index is 0.222. The molecule has 126 heavy (non-hydrogen) atoms. The summed E-state index contributed by atoms with van der Waals surface area (Å²) in [5, 5.41) is 2.36. The number of imidazole rings is 1. The number of anilines is 15. The first-order chi connectivity index (χ1) is 60.7. The van der Waals surface area contributed by atoms with Crippen LogP contribution in [0, 0.1) is 41.5 Å². The largest absolute Gasteiger partial charge is 0.454 e. The van der Waals surface area contributed by atoms with Crippen LogP contribution in [0.5, 0.6) is 0 Å². The lowest BCUT2D eigenvalue weighted by atomic mass is 9.92. The van der Waals surface area contributed by atoms with Gasteiger partial charge in [0, 0.05) is 103 Å². The summed E-state index contributed by atoms with van der Waals surface area (Å²) in [5.41, 5.74) is 28.7. The number of fused-ring (bicyclic) bond motifs is 8. The maximum atomic E-state index is 6.38. The van der Waals surface area contributed by atoms with E-state index in [0.29, 0.717) is 30.1 Å². The smallest absolute Gasteiger partial charge is 0.294 e. The van der Waals surface area contributed by atoms with Gasteiger partial charge in [0.2, 0.25) is 0 Å². The van der Waals surface area contributed by atoms with Crippen LogP contribution in [0.1, 0.15) is 146 Å². The molecule has 5 aromatic heterocycles. The average molecular weight is 1680 g/mol. The summed E-state index contributed by atoms with van der Waals surface area (Å²) in [7, 11) is 8.39. The van der Waals surface area contributed by atoms with Gasteiger partial charge in [-0.25, -0.2) is 24.5 Å². The third-order valence-corrected chi connectivity index (χ3v) is 25.7. The zero-order valence-electron chi connectivity index (χ0n) is 77.9. The molecule has 0 aliphatic carbocycles. The van der Waals surface area contributed by atoms with Gasteiger partial charge in [0.1, 0.15) is 54.5 Å². The van der Waals surface area contributed by atoms with Crippen molar-refractivity contribution in [1.29, 1.82) is 0 Å². The summed E-state index contributed by atoms with van der Waals surface area (Å²) in [6.07, 6.45) is 12.9. The third-order valence-electron chi connectivity index (χ3n) is 25.7. The van der Waals surface area contributed by atoms with E-state index in [2.05, 4.69) is 481 Å². The number of benzene rings is 10. The highest BCUT2D eigenvalue weighted by Gasteiger charge is 2.41. The SMILES string of the molecule is Cc1ccc2c(oc3ccccc32)c1N1c2ccccc2N(C(C)C)[C@H]1C.Cc1ccccc1-c1n(-c2c(C(C)C)cccc2C(C)C)cc[n+]1C.Cc1ccccc1N1c2ccccc2N(C(C)C)[C@H]1C.Cc1ccccc1N1c2cccnc2N(C)[C@H]1C.Cc1ccccc1N1c2ncccc2N(C)[C@H]1C.Cc1ccccc1N1c2nccnc2N(C)[C@H]1C. The molecule has 5 atom stereocenters. The number of nitrogens with zero attached hydrogens (tertiary/aromatic N) is 16. The fourth-order valence-electron chi connectivity index (χ4n) is 19.0. The molecule has 17 heteroatoms. The van der Waals surface area contributed by atoms with Crippen LogP contribution in [0.2, 0.25) is 0 Å². The van der Waals surface area contributed by atoms with E-state index in [1.165, 1.54) is 135 Å². The maximum absolute atomic E-state index is 6.38. The van der Waals surface area contributed by atoms with Crippen molar-refractivity contribution in [3.63, 3.8) is 0 Å². The second kappa shape index (κ2) is 37.2. The average Bonchev–Trinajstić information content (AvgIpc) is 1.57. The normalized spacial score (nSPS) is 16.4. The van der Waals surface area contributed by atoms with Crippen LogP contribution in [0.25, 0.3) is 39.0 Å². The highest BCUT2D eigenvalue weighted by molar-refractivity contribution is 6.11. The van der Waals surface area contributed by atoms with E-state index in [1.807, 2.05) is 30.6 Å². The van der Waals surface area contributed by atoms with Gasteiger partial charge in [0.15, 0.2) is 28.9 Å². The lowest BCUT2D eigenvalue weighted by molar-refractivity contribution is -0.659. The molecule has 15 aromatic rings. The molecule has 0 radical (unpaired) electrons. The fraction of sp³-hybridized carbons (Fsp3) is 0.294. The van der Waals surface area contributed by atoms with E-state index < -0.39 is 0 Å². The number of aryl methyl sites for hydroxylation is 7. The van der Waals surface area contributed by atoms with Crippen molar-refractivity contribution in [2.45, 2.75) is 186 Å². The van der Waals surface area contributed by atoms with Crippen molar-refractivity contribution >= 4 is 108 Å². The van der Waals surface area contributed by atoms with E-state index in [1.54, 1.807) is 12.4 Å². The van der Waals surface area contributed by atoms with Gasteiger partial charge < -0.3 is 53.4 Å². The Balaban J connectivity index is 0.000000118. The Kier molecular flexibility index (Phi) is 25.8. The second-order valence-corrected chi connectivity index (χ2v) is 35.1.